The van der Waals surface area contributed by atoms with E-state index < -0.39 is 0 Å². The first-order chi connectivity index (χ1) is 8.76. The van der Waals surface area contributed by atoms with Crippen molar-refractivity contribution in [3.05, 3.63) is 53.9 Å². The minimum absolute atomic E-state index is 0.0404. The molecule has 0 aliphatic rings. The van der Waals surface area contributed by atoms with Gasteiger partial charge in [-0.15, -0.1) is 0 Å². The van der Waals surface area contributed by atoms with E-state index in [-0.39, 0.29) is 6.04 Å². The summed E-state index contributed by atoms with van der Waals surface area (Å²) in [4.78, 5) is 0. The summed E-state index contributed by atoms with van der Waals surface area (Å²) in [6.45, 7) is 2.17. The number of aryl methyl sites for hydroxylation is 1. The predicted octanol–water partition coefficient (Wildman–Crippen LogP) is 2.12. The molecule has 2 unspecified atom stereocenters. The van der Waals surface area contributed by atoms with E-state index in [1.54, 1.807) is 4.68 Å². The normalized spacial score (nSPS) is 14.4. The largest absolute Gasteiger partial charge is 0.275 e. The molecule has 4 nitrogen and oxygen atoms in total. The molecular formula is C14H20N4. The number of rotatable bonds is 5. The van der Waals surface area contributed by atoms with Gasteiger partial charge in [0.15, 0.2) is 0 Å². The van der Waals surface area contributed by atoms with Gasteiger partial charge in [0.2, 0.25) is 0 Å². The Morgan fingerprint density at radius 1 is 1.28 bits per heavy atom. The van der Waals surface area contributed by atoms with Crippen molar-refractivity contribution >= 4 is 0 Å². The van der Waals surface area contributed by atoms with E-state index in [0.29, 0.717) is 5.92 Å². The molecule has 18 heavy (non-hydrogen) atoms. The smallest absolute Gasteiger partial charge is 0.0813 e. The van der Waals surface area contributed by atoms with E-state index in [0.717, 1.165) is 12.1 Å². The summed E-state index contributed by atoms with van der Waals surface area (Å²) in [6, 6.07) is 12.5. The summed E-state index contributed by atoms with van der Waals surface area (Å²) in [6.07, 6.45) is 2.95. The van der Waals surface area contributed by atoms with Crippen molar-refractivity contribution in [2.75, 3.05) is 0 Å². The second-order valence-corrected chi connectivity index (χ2v) is 4.48. The number of benzene rings is 1. The van der Waals surface area contributed by atoms with Crippen molar-refractivity contribution in [3.63, 3.8) is 0 Å². The van der Waals surface area contributed by atoms with Gasteiger partial charge in [0.1, 0.15) is 0 Å². The Balaban J connectivity index is 2.30. The zero-order valence-electron chi connectivity index (χ0n) is 10.9. The Kier molecular flexibility index (Phi) is 4.12. The maximum atomic E-state index is 5.73. The third kappa shape index (κ3) is 2.60. The van der Waals surface area contributed by atoms with Crippen molar-refractivity contribution in [1.29, 1.82) is 0 Å². The summed E-state index contributed by atoms with van der Waals surface area (Å²) in [7, 11) is 1.92. The highest BCUT2D eigenvalue weighted by Gasteiger charge is 2.23. The SMILES string of the molecule is CCC(c1ccccc1)C(NN)c1ccn(C)n1. The average Bonchev–Trinajstić information content (AvgIpc) is 2.83. The number of nitrogens with two attached hydrogens (primary N) is 1. The van der Waals surface area contributed by atoms with Crippen LogP contribution in [-0.4, -0.2) is 9.78 Å². The molecule has 0 saturated heterocycles. The van der Waals surface area contributed by atoms with E-state index in [2.05, 4.69) is 41.7 Å². The van der Waals surface area contributed by atoms with Gasteiger partial charge in [0.05, 0.1) is 11.7 Å². The quantitative estimate of drug-likeness (QED) is 0.625. The fourth-order valence-corrected chi connectivity index (χ4v) is 2.37. The first kappa shape index (κ1) is 12.8. The molecule has 2 atom stereocenters. The van der Waals surface area contributed by atoms with Gasteiger partial charge >= 0.3 is 0 Å². The van der Waals surface area contributed by atoms with Crippen LogP contribution in [0.25, 0.3) is 0 Å². The Morgan fingerprint density at radius 3 is 2.50 bits per heavy atom. The Bertz CT molecular complexity index is 478. The fourth-order valence-electron chi connectivity index (χ4n) is 2.37. The van der Waals surface area contributed by atoms with Crippen LogP contribution < -0.4 is 11.3 Å². The lowest BCUT2D eigenvalue weighted by molar-refractivity contribution is 0.432. The second kappa shape index (κ2) is 5.80. The summed E-state index contributed by atoms with van der Waals surface area (Å²) >= 11 is 0. The lowest BCUT2D eigenvalue weighted by atomic mass is 9.88. The van der Waals surface area contributed by atoms with E-state index in [4.69, 9.17) is 5.84 Å². The van der Waals surface area contributed by atoms with Gasteiger partial charge in [-0.2, -0.15) is 5.10 Å². The molecule has 1 aromatic carbocycles. The molecule has 1 aromatic heterocycles. The number of aromatic nitrogens is 2. The van der Waals surface area contributed by atoms with Gasteiger partial charge in [-0.1, -0.05) is 37.3 Å². The molecule has 96 valence electrons. The predicted molar refractivity (Wildman–Crippen MR) is 72.7 cm³/mol. The maximum absolute atomic E-state index is 5.73. The molecule has 4 heteroatoms. The van der Waals surface area contributed by atoms with Crippen LogP contribution in [0.3, 0.4) is 0 Å². The highest BCUT2D eigenvalue weighted by Crippen LogP contribution is 2.32. The molecule has 2 aromatic rings. The van der Waals surface area contributed by atoms with Crippen LogP contribution in [0.1, 0.15) is 36.6 Å². The van der Waals surface area contributed by atoms with Crippen molar-refractivity contribution in [2.24, 2.45) is 12.9 Å². The van der Waals surface area contributed by atoms with Gasteiger partial charge in [0, 0.05) is 19.2 Å². The van der Waals surface area contributed by atoms with Crippen LogP contribution in [-0.2, 0) is 7.05 Å². The lowest BCUT2D eigenvalue weighted by Crippen LogP contribution is -2.33. The summed E-state index contributed by atoms with van der Waals surface area (Å²) in [5, 5.41) is 4.45. The van der Waals surface area contributed by atoms with E-state index in [1.165, 1.54) is 5.56 Å². The Hall–Kier alpha value is -1.65. The lowest BCUT2D eigenvalue weighted by Gasteiger charge is -2.24. The van der Waals surface area contributed by atoms with Crippen LogP contribution in [0.15, 0.2) is 42.6 Å². The number of hydrogen-bond donors (Lipinski definition) is 2. The number of hydrogen-bond acceptors (Lipinski definition) is 3. The first-order valence-electron chi connectivity index (χ1n) is 6.27. The summed E-state index contributed by atoms with van der Waals surface area (Å²) in [5.41, 5.74) is 5.17. The second-order valence-electron chi connectivity index (χ2n) is 4.48. The van der Waals surface area contributed by atoms with Crippen LogP contribution in [0.2, 0.25) is 0 Å². The standard InChI is InChI=1S/C14H20N4/c1-3-12(11-7-5-4-6-8-11)14(16-15)13-9-10-18(2)17-13/h4-10,12,14,16H,3,15H2,1-2H3. The van der Waals surface area contributed by atoms with Crippen LogP contribution in [0, 0.1) is 0 Å². The van der Waals surface area contributed by atoms with E-state index >= 15 is 0 Å². The number of hydrazine groups is 1. The fraction of sp³-hybridized carbons (Fsp3) is 0.357. The summed E-state index contributed by atoms with van der Waals surface area (Å²) in [5.74, 6) is 6.05. The topological polar surface area (TPSA) is 55.9 Å². The zero-order chi connectivity index (χ0) is 13.0. The molecule has 0 bridgehead atoms. The van der Waals surface area contributed by atoms with Crippen LogP contribution in [0.4, 0.5) is 0 Å². The van der Waals surface area contributed by atoms with Gasteiger partial charge in [-0.3, -0.25) is 16.0 Å². The van der Waals surface area contributed by atoms with Crippen molar-refractivity contribution in [2.45, 2.75) is 25.3 Å². The number of nitrogens with one attached hydrogen (secondary N) is 1. The number of nitrogens with zero attached hydrogens (tertiary/aromatic N) is 2. The Morgan fingerprint density at radius 2 is 2.00 bits per heavy atom. The molecule has 0 radical (unpaired) electrons. The summed E-state index contributed by atoms with van der Waals surface area (Å²) < 4.78 is 1.80. The average molecular weight is 244 g/mol. The van der Waals surface area contributed by atoms with Gasteiger partial charge in [-0.05, 0) is 18.1 Å². The van der Waals surface area contributed by atoms with Crippen molar-refractivity contribution in [3.8, 4) is 0 Å². The molecule has 0 aliphatic heterocycles. The van der Waals surface area contributed by atoms with E-state index in [9.17, 15) is 0 Å². The molecule has 0 aliphatic carbocycles. The molecule has 2 rings (SSSR count). The molecule has 3 N–H and O–H groups in total. The molecule has 1 heterocycles. The van der Waals surface area contributed by atoms with Gasteiger partial charge < -0.3 is 0 Å². The third-order valence-electron chi connectivity index (χ3n) is 3.30. The van der Waals surface area contributed by atoms with Gasteiger partial charge in [-0.25, -0.2) is 0 Å². The zero-order valence-corrected chi connectivity index (χ0v) is 10.9. The van der Waals surface area contributed by atoms with E-state index in [1.807, 2.05) is 25.4 Å². The maximum Gasteiger partial charge on any atom is 0.0813 e. The molecule has 0 spiro atoms. The molecule has 0 amide bonds. The van der Waals surface area contributed by atoms with Crippen molar-refractivity contribution < 1.29 is 0 Å². The van der Waals surface area contributed by atoms with Crippen molar-refractivity contribution in [1.82, 2.24) is 15.2 Å². The highest BCUT2D eigenvalue weighted by molar-refractivity contribution is 5.24. The van der Waals surface area contributed by atoms with Crippen LogP contribution >= 0.6 is 0 Å². The Labute approximate surface area is 108 Å². The highest BCUT2D eigenvalue weighted by atomic mass is 15.3. The molecule has 0 fully saturated rings. The molecule has 0 saturated carbocycles. The van der Waals surface area contributed by atoms with Gasteiger partial charge in [0.25, 0.3) is 0 Å². The minimum Gasteiger partial charge on any atom is -0.275 e. The monoisotopic (exact) mass is 244 g/mol. The molecular weight excluding hydrogens is 224 g/mol. The van der Waals surface area contributed by atoms with Crippen LogP contribution in [0.5, 0.6) is 0 Å². The first-order valence-corrected chi connectivity index (χ1v) is 6.27. The minimum atomic E-state index is 0.0404. The third-order valence-corrected chi connectivity index (χ3v) is 3.30.